The molecule has 2 aromatic carbocycles. The van der Waals surface area contributed by atoms with E-state index in [1.807, 2.05) is 12.1 Å². The summed E-state index contributed by atoms with van der Waals surface area (Å²) in [5.41, 5.74) is 2.72. The maximum atomic E-state index is 6.12. The van der Waals surface area contributed by atoms with Crippen LogP contribution in [-0.2, 0) is 12.8 Å². The molecule has 0 amide bonds. The lowest BCUT2D eigenvalue weighted by Crippen LogP contribution is -2.28. The Morgan fingerprint density at radius 2 is 1.55 bits per heavy atom. The van der Waals surface area contributed by atoms with Gasteiger partial charge in [-0.05, 0) is 61.0 Å². The third kappa shape index (κ3) is 6.21. The molecule has 0 aliphatic rings. The lowest BCUT2D eigenvalue weighted by molar-refractivity contribution is 0.445. The average molecular weight is 316 g/mol. The Bertz CT molecular complexity index is 551. The molecule has 0 radical (unpaired) electrons. The van der Waals surface area contributed by atoms with Crippen molar-refractivity contribution in [1.82, 2.24) is 5.32 Å². The number of halogens is 1. The summed E-state index contributed by atoms with van der Waals surface area (Å²) in [4.78, 5) is 0. The highest BCUT2D eigenvalue weighted by atomic mass is 35.5. The summed E-state index contributed by atoms with van der Waals surface area (Å²) in [7, 11) is 0. The van der Waals surface area contributed by atoms with E-state index < -0.39 is 0 Å². The third-order valence-corrected chi connectivity index (χ3v) is 4.00. The van der Waals surface area contributed by atoms with Gasteiger partial charge in [0.25, 0.3) is 0 Å². The van der Waals surface area contributed by atoms with Crippen molar-refractivity contribution in [2.24, 2.45) is 11.8 Å². The molecule has 2 heteroatoms. The highest BCUT2D eigenvalue weighted by molar-refractivity contribution is 6.30. The minimum Gasteiger partial charge on any atom is -0.316 e. The summed E-state index contributed by atoms with van der Waals surface area (Å²) in [5, 5.41) is 4.43. The van der Waals surface area contributed by atoms with E-state index in [0.29, 0.717) is 11.8 Å². The number of hydrogen-bond acceptors (Lipinski definition) is 1. The van der Waals surface area contributed by atoms with Crippen LogP contribution in [0.1, 0.15) is 25.0 Å². The van der Waals surface area contributed by atoms with E-state index in [1.54, 1.807) is 0 Å². The lowest BCUT2D eigenvalue weighted by Gasteiger charge is -2.19. The van der Waals surface area contributed by atoms with E-state index in [-0.39, 0.29) is 0 Å². The first kappa shape index (κ1) is 17.1. The van der Waals surface area contributed by atoms with Crippen LogP contribution >= 0.6 is 11.6 Å². The molecule has 0 aliphatic carbocycles. The van der Waals surface area contributed by atoms with Crippen LogP contribution in [0.3, 0.4) is 0 Å². The van der Waals surface area contributed by atoms with Crippen LogP contribution in [0.2, 0.25) is 5.02 Å². The first-order valence-electron chi connectivity index (χ1n) is 8.12. The average Bonchev–Trinajstić information content (AvgIpc) is 2.48. The number of rotatable bonds is 8. The maximum Gasteiger partial charge on any atom is 0.0408 e. The van der Waals surface area contributed by atoms with Crippen molar-refractivity contribution >= 4 is 11.6 Å². The summed E-state index contributed by atoms with van der Waals surface area (Å²) in [6.07, 6.45) is 2.15. The van der Waals surface area contributed by atoms with E-state index in [2.05, 4.69) is 61.6 Å². The van der Waals surface area contributed by atoms with Crippen LogP contribution in [0.4, 0.5) is 0 Å². The first-order chi connectivity index (χ1) is 10.6. The van der Waals surface area contributed by atoms with Crippen LogP contribution in [-0.4, -0.2) is 13.1 Å². The Hall–Kier alpha value is -1.31. The smallest absolute Gasteiger partial charge is 0.0408 e. The van der Waals surface area contributed by atoms with E-state index >= 15 is 0 Å². The molecule has 0 fully saturated rings. The molecule has 1 atom stereocenters. The number of benzene rings is 2. The van der Waals surface area contributed by atoms with Gasteiger partial charge in [-0.25, -0.2) is 0 Å². The van der Waals surface area contributed by atoms with Crippen LogP contribution in [0.5, 0.6) is 0 Å². The molecular formula is C20H26ClN. The Balaban J connectivity index is 2.00. The van der Waals surface area contributed by atoms with Crippen molar-refractivity contribution in [2.45, 2.75) is 26.7 Å². The largest absolute Gasteiger partial charge is 0.316 e. The molecule has 1 N–H and O–H groups in total. The quantitative estimate of drug-likeness (QED) is 0.724. The molecule has 1 nitrogen and oxygen atoms in total. The minimum absolute atomic E-state index is 0.583. The van der Waals surface area contributed by atoms with Crippen molar-refractivity contribution in [2.75, 3.05) is 13.1 Å². The molecule has 0 aromatic heterocycles. The SMILES string of the molecule is CC(C)CNCC(Cc1ccccc1)Cc1cccc(Cl)c1. The van der Waals surface area contributed by atoms with Gasteiger partial charge in [0.1, 0.15) is 0 Å². The molecule has 0 spiro atoms. The standard InChI is InChI=1S/C20H26ClN/c1-16(2)14-22-15-19(11-17-7-4-3-5-8-17)12-18-9-6-10-20(21)13-18/h3-10,13,16,19,22H,11-12,14-15H2,1-2H3. The van der Waals surface area contributed by atoms with Gasteiger partial charge in [0.05, 0.1) is 0 Å². The predicted octanol–water partition coefficient (Wildman–Crippen LogP) is 4.99. The van der Waals surface area contributed by atoms with Gasteiger partial charge in [-0.1, -0.05) is 67.9 Å². The highest BCUT2D eigenvalue weighted by Crippen LogP contribution is 2.17. The number of hydrogen-bond donors (Lipinski definition) is 1. The number of nitrogens with one attached hydrogen (secondary N) is 1. The summed E-state index contributed by atoms with van der Waals surface area (Å²) in [5.74, 6) is 1.27. The molecule has 22 heavy (non-hydrogen) atoms. The second kappa shape index (κ2) is 8.97. The highest BCUT2D eigenvalue weighted by Gasteiger charge is 2.11. The Labute approximate surface area is 139 Å². The van der Waals surface area contributed by atoms with E-state index in [4.69, 9.17) is 11.6 Å². The molecule has 2 rings (SSSR count). The van der Waals surface area contributed by atoms with Crippen LogP contribution in [0.25, 0.3) is 0 Å². The third-order valence-electron chi connectivity index (χ3n) is 3.77. The topological polar surface area (TPSA) is 12.0 Å². The predicted molar refractivity (Wildman–Crippen MR) is 96.5 cm³/mol. The van der Waals surface area contributed by atoms with Gasteiger partial charge in [-0.3, -0.25) is 0 Å². The Morgan fingerprint density at radius 3 is 2.23 bits per heavy atom. The van der Waals surface area contributed by atoms with E-state index in [0.717, 1.165) is 31.0 Å². The van der Waals surface area contributed by atoms with Crippen molar-refractivity contribution in [3.05, 3.63) is 70.7 Å². The summed E-state index contributed by atoms with van der Waals surface area (Å²) >= 11 is 6.12. The fraction of sp³-hybridized carbons (Fsp3) is 0.400. The molecule has 0 heterocycles. The van der Waals surface area contributed by atoms with Gasteiger partial charge in [-0.2, -0.15) is 0 Å². The molecule has 2 aromatic rings. The summed E-state index contributed by atoms with van der Waals surface area (Å²) < 4.78 is 0. The van der Waals surface area contributed by atoms with Gasteiger partial charge < -0.3 is 5.32 Å². The normalized spacial score (nSPS) is 12.5. The molecule has 0 bridgehead atoms. The fourth-order valence-electron chi connectivity index (χ4n) is 2.74. The van der Waals surface area contributed by atoms with Crippen molar-refractivity contribution in [3.8, 4) is 0 Å². The molecule has 0 aliphatic heterocycles. The van der Waals surface area contributed by atoms with Gasteiger partial charge in [0.2, 0.25) is 0 Å². The molecule has 118 valence electrons. The Kier molecular flexibility index (Phi) is 6.95. The second-order valence-electron chi connectivity index (χ2n) is 6.44. The van der Waals surface area contributed by atoms with Gasteiger partial charge in [0.15, 0.2) is 0 Å². The van der Waals surface area contributed by atoms with E-state index in [1.165, 1.54) is 11.1 Å². The van der Waals surface area contributed by atoms with Gasteiger partial charge in [-0.15, -0.1) is 0 Å². The van der Waals surface area contributed by atoms with Crippen molar-refractivity contribution in [3.63, 3.8) is 0 Å². The minimum atomic E-state index is 0.583. The van der Waals surface area contributed by atoms with Gasteiger partial charge >= 0.3 is 0 Å². The van der Waals surface area contributed by atoms with Crippen LogP contribution in [0.15, 0.2) is 54.6 Å². The van der Waals surface area contributed by atoms with Crippen LogP contribution < -0.4 is 5.32 Å². The zero-order valence-electron chi connectivity index (χ0n) is 13.6. The molecular weight excluding hydrogens is 290 g/mol. The fourth-order valence-corrected chi connectivity index (χ4v) is 2.95. The molecule has 0 saturated carbocycles. The van der Waals surface area contributed by atoms with Crippen LogP contribution in [0, 0.1) is 11.8 Å². The zero-order chi connectivity index (χ0) is 15.8. The lowest BCUT2D eigenvalue weighted by atomic mass is 9.92. The maximum absolute atomic E-state index is 6.12. The van der Waals surface area contributed by atoms with Crippen molar-refractivity contribution < 1.29 is 0 Å². The van der Waals surface area contributed by atoms with E-state index in [9.17, 15) is 0 Å². The molecule has 1 unspecified atom stereocenters. The summed E-state index contributed by atoms with van der Waals surface area (Å²) in [6, 6.07) is 19.0. The zero-order valence-corrected chi connectivity index (χ0v) is 14.3. The monoisotopic (exact) mass is 315 g/mol. The second-order valence-corrected chi connectivity index (χ2v) is 6.88. The first-order valence-corrected chi connectivity index (χ1v) is 8.50. The van der Waals surface area contributed by atoms with Gasteiger partial charge in [0, 0.05) is 5.02 Å². The summed E-state index contributed by atoms with van der Waals surface area (Å²) in [6.45, 7) is 6.60. The Morgan fingerprint density at radius 1 is 0.864 bits per heavy atom. The van der Waals surface area contributed by atoms with Crippen molar-refractivity contribution in [1.29, 1.82) is 0 Å². The molecule has 0 saturated heterocycles.